The molecule has 1 heterocycles. The molecule has 1 aliphatic carbocycles. The molecule has 1 aliphatic rings. The summed E-state index contributed by atoms with van der Waals surface area (Å²) < 4.78 is 0. The molecule has 4 heteroatoms. The van der Waals surface area contributed by atoms with E-state index in [1.165, 1.54) is 24.0 Å². The average molecular weight is 252 g/mol. The number of aliphatic hydroxyl groups excluding tert-OH is 1. The van der Waals surface area contributed by atoms with E-state index in [9.17, 15) is 0 Å². The van der Waals surface area contributed by atoms with Crippen LogP contribution in [0.25, 0.3) is 0 Å². The van der Waals surface area contributed by atoms with Gasteiger partial charge in [-0.15, -0.1) is 11.8 Å². The van der Waals surface area contributed by atoms with Crippen LogP contribution in [0, 0.1) is 6.92 Å². The van der Waals surface area contributed by atoms with Gasteiger partial charge >= 0.3 is 0 Å². The predicted octanol–water partition coefficient (Wildman–Crippen LogP) is 2.11. The SMILES string of the molecule is Cc1cc(CNC2CC2)cnc1SC(C)CO. The van der Waals surface area contributed by atoms with Gasteiger partial charge in [-0.2, -0.15) is 0 Å². The average Bonchev–Trinajstić information content (AvgIpc) is 3.13. The Morgan fingerprint density at radius 1 is 1.59 bits per heavy atom. The number of nitrogens with zero attached hydrogens (tertiary/aromatic N) is 1. The van der Waals surface area contributed by atoms with Gasteiger partial charge in [-0.25, -0.2) is 4.98 Å². The van der Waals surface area contributed by atoms with Gasteiger partial charge in [-0.1, -0.05) is 13.0 Å². The summed E-state index contributed by atoms with van der Waals surface area (Å²) >= 11 is 1.63. The number of hydrogen-bond donors (Lipinski definition) is 2. The van der Waals surface area contributed by atoms with Crippen molar-refractivity contribution in [3.05, 3.63) is 23.4 Å². The molecule has 0 amide bonds. The van der Waals surface area contributed by atoms with Crippen LogP contribution in [0.5, 0.6) is 0 Å². The molecule has 94 valence electrons. The summed E-state index contributed by atoms with van der Waals surface area (Å²) in [6.45, 7) is 5.20. The Morgan fingerprint density at radius 3 is 2.94 bits per heavy atom. The topological polar surface area (TPSA) is 45.2 Å². The smallest absolute Gasteiger partial charge is 0.0992 e. The Bertz CT molecular complexity index is 380. The Kier molecular flexibility index (Phi) is 4.42. The molecule has 3 nitrogen and oxygen atoms in total. The minimum Gasteiger partial charge on any atom is -0.395 e. The van der Waals surface area contributed by atoms with Gasteiger partial charge in [-0.05, 0) is 30.9 Å². The maximum absolute atomic E-state index is 9.04. The van der Waals surface area contributed by atoms with Gasteiger partial charge in [0.2, 0.25) is 0 Å². The molecule has 0 aliphatic heterocycles. The maximum Gasteiger partial charge on any atom is 0.0992 e. The fourth-order valence-electron chi connectivity index (χ4n) is 1.62. The van der Waals surface area contributed by atoms with E-state index in [4.69, 9.17) is 5.11 Å². The minimum atomic E-state index is 0.191. The molecule has 0 saturated heterocycles. The molecule has 1 aromatic rings. The van der Waals surface area contributed by atoms with Gasteiger partial charge in [0.1, 0.15) is 0 Å². The number of nitrogens with one attached hydrogen (secondary N) is 1. The fourth-order valence-corrected chi connectivity index (χ4v) is 2.43. The number of aromatic nitrogens is 1. The summed E-state index contributed by atoms with van der Waals surface area (Å²) in [6, 6.07) is 2.92. The quantitative estimate of drug-likeness (QED) is 0.761. The van der Waals surface area contributed by atoms with Crippen molar-refractivity contribution < 1.29 is 5.11 Å². The largest absolute Gasteiger partial charge is 0.395 e. The first-order valence-corrected chi connectivity index (χ1v) is 7.03. The summed E-state index contributed by atoms with van der Waals surface area (Å²) in [4.78, 5) is 4.48. The minimum absolute atomic E-state index is 0.191. The molecule has 0 bridgehead atoms. The predicted molar refractivity (Wildman–Crippen MR) is 71.2 cm³/mol. The molecule has 2 N–H and O–H groups in total. The van der Waals surface area contributed by atoms with Crippen molar-refractivity contribution in [1.29, 1.82) is 0 Å². The highest BCUT2D eigenvalue weighted by Crippen LogP contribution is 2.25. The fraction of sp³-hybridized carbons (Fsp3) is 0.615. The number of pyridine rings is 1. The number of thioether (sulfide) groups is 1. The van der Waals surface area contributed by atoms with Crippen molar-refractivity contribution in [2.75, 3.05) is 6.61 Å². The van der Waals surface area contributed by atoms with Crippen LogP contribution >= 0.6 is 11.8 Å². The zero-order valence-corrected chi connectivity index (χ0v) is 11.3. The van der Waals surface area contributed by atoms with E-state index in [1.807, 2.05) is 13.1 Å². The molecule has 1 unspecified atom stereocenters. The molecule has 1 saturated carbocycles. The van der Waals surface area contributed by atoms with Gasteiger partial charge in [0.25, 0.3) is 0 Å². The van der Waals surface area contributed by atoms with Crippen LogP contribution in [0.1, 0.15) is 30.9 Å². The third-order valence-electron chi connectivity index (χ3n) is 2.83. The van der Waals surface area contributed by atoms with Gasteiger partial charge in [-0.3, -0.25) is 0 Å². The second-order valence-corrected chi connectivity index (χ2v) is 6.16. The standard InChI is InChI=1S/C13H20N2OS/c1-9-5-11(6-14-12-3-4-12)7-15-13(9)17-10(2)8-16/h5,7,10,12,14,16H,3-4,6,8H2,1-2H3. The number of aryl methyl sites for hydroxylation is 1. The van der Waals surface area contributed by atoms with Gasteiger partial charge in [0.05, 0.1) is 11.6 Å². The van der Waals surface area contributed by atoms with Gasteiger partial charge < -0.3 is 10.4 Å². The number of aliphatic hydroxyl groups is 1. The van der Waals surface area contributed by atoms with Crippen molar-refractivity contribution in [3.8, 4) is 0 Å². The first-order chi connectivity index (χ1) is 8.19. The summed E-state index contributed by atoms with van der Waals surface area (Å²) in [5, 5.41) is 13.8. The van der Waals surface area contributed by atoms with Crippen molar-refractivity contribution in [1.82, 2.24) is 10.3 Å². The molecule has 1 fully saturated rings. The Balaban J connectivity index is 1.94. The van der Waals surface area contributed by atoms with Crippen molar-refractivity contribution >= 4 is 11.8 Å². The maximum atomic E-state index is 9.04. The summed E-state index contributed by atoms with van der Waals surface area (Å²) in [6.07, 6.45) is 4.57. The molecule has 0 spiro atoms. The van der Waals surface area contributed by atoms with Gasteiger partial charge in [0, 0.05) is 24.0 Å². The van der Waals surface area contributed by atoms with Crippen molar-refractivity contribution in [3.63, 3.8) is 0 Å². The Labute approximate surface area is 107 Å². The molecule has 1 atom stereocenters. The Hall–Kier alpha value is -0.580. The van der Waals surface area contributed by atoms with E-state index in [0.717, 1.165) is 17.6 Å². The van der Waals surface area contributed by atoms with E-state index >= 15 is 0 Å². The first kappa shape index (κ1) is 12.9. The molecule has 0 aromatic carbocycles. The van der Waals surface area contributed by atoms with E-state index in [-0.39, 0.29) is 11.9 Å². The molecule has 1 aromatic heterocycles. The zero-order chi connectivity index (χ0) is 12.3. The first-order valence-electron chi connectivity index (χ1n) is 6.15. The summed E-state index contributed by atoms with van der Waals surface area (Å²) in [7, 11) is 0. The lowest BCUT2D eigenvalue weighted by molar-refractivity contribution is 0.300. The van der Waals surface area contributed by atoms with E-state index in [0.29, 0.717) is 0 Å². The molecule has 17 heavy (non-hydrogen) atoms. The zero-order valence-electron chi connectivity index (χ0n) is 10.4. The lowest BCUT2D eigenvalue weighted by Crippen LogP contribution is -2.15. The summed E-state index contributed by atoms with van der Waals surface area (Å²) in [5.74, 6) is 0. The van der Waals surface area contributed by atoms with Crippen LogP contribution in [0.2, 0.25) is 0 Å². The van der Waals surface area contributed by atoms with Crippen LogP contribution in [-0.4, -0.2) is 28.0 Å². The van der Waals surface area contributed by atoms with Crippen molar-refractivity contribution in [2.45, 2.75) is 49.6 Å². The highest BCUT2D eigenvalue weighted by atomic mass is 32.2. The molecular formula is C13H20N2OS. The Morgan fingerprint density at radius 2 is 2.35 bits per heavy atom. The second-order valence-electron chi connectivity index (χ2n) is 4.73. The molecule has 0 radical (unpaired) electrons. The second kappa shape index (κ2) is 5.85. The third-order valence-corrected chi connectivity index (χ3v) is 4.03. The van der Waals surface area contributed by atoms with Crippen LogP contribution in [-0.2, 0) is 6.54 Å². The molecule has 2 rings (SSSR count). The summed E-state index contributed by atoms with van der Waals surface area (Å²) in [5.41, 5.74) is 2.45. The normalized spacial score (nSPS) is 17.1. The van der Waals surface area contributed by atoms with Crippen LogP contribution in [0.3, 0.4) is 0 Å². The van der Waals surface area contributed by atoms with Crippen LogP contribution in [0.4, 0.5) is 0 Å². The van der Waals surface area contributed by atoms with Crippen molar-refractivity contribution in [2.24, 2.45) is 0 Å². The monoisotopic (exact) mass is 252 g/mol. The van der Waals surface area contributed by atoms with Crippen LogP contribution < -0.4 is 5.32 Å². The lowest BCUT2D eigenvalue weighted by Gasteiger charge is -2.11. The van der Waals surface area contributed by atoms with E-state index in [1.54, 1.807) is 11.8 Å². The third kappa shape index (κ3) is 3.98. The number of rotatable bonds is 6. The van der Waals surface area contributed by atoms with E-state index < -0.39 is 0 Å². The van der Waals surface area contributed by atoms with Gasteiger partial charge in [0.15, 0.2) is 0 Å². The highest BCUT2D eigenvalue weighted by Gasteiger charge is 2.20. The lowest BCUT2D eigenvalue weighted by atomic mass is 10.2. The molecular weight excluding hydrogens is 232 g/mol. The van der Waals surface area contributed by atoms with E-state index in [2.05, 4.69) is 23.3 Å². The van der Waals surface area contributed by atoms with Crippen LogP contribution in [0.15, 0.2) is 17.3 Å². The highest BCUT2D eigenvalue weighted by molar-refractivity contribution is 7.99. The number of hydrogen-bond acceptors (Lipinski definition) is 4.